The third-order valence-electron chi connectivity index (χ3n) is 5.92. The summed E-state index contributed by atoms with van der Waals surface area (Å²) >= 11 is 3.38. The van der Waals surface area contributed by atoms with Crippen LogP contribution in [0, 0.1) is 27.7 Å². The van der Waals surface area contributed by atoms with Gasteiger partial charge < -0.3 is 4.90 Å². The number of nitrogens with zero attached hydrogens (tertiary/aromatic N) is 3. The quantitative estimate of drug-likeness (QED) is 0.403. The molecule has 1 heterocycles. The molecule has 154 valence electrons. The van der Waals surface area contributed by atoms with Crippen LogP contribution < -0.4 is 4.90 Å². The molecule has 1 aromatic heterocycles. The molecule has 2 aromatic carbocycles. The highest BCUT2D eigenvalue weighted by molar-refractivity contribution is 9.10. The van der Waals surface area contributed by atoms with Crippen molar-refractivity contribution in [1.29, 1.82) is 0 Å². The largest absolute Gasteiger partial charge is 0.314 e. The van der Waals surface area contributed by atoms with Crippen LogP contribution >= 0.6 is 15.9 Å². The van der Waals surface area contributed by atoms with Crippen molar-refractivity contribution in [3.8, 4) is 0 Å². The summed E-state index contributed by atoms with van der Waals surface area (Å²) in [6, 6.07) is 13.5. The lowest BCUT2D eigenvalue weighted by molar-refractivity contribution is 0.577. The number of aryl methyl sites for hydroxylation is 4. The topological polar surface area (TPSA) is 29.0 Å². The molecule has 1 aliphatic rings. The summed E-state index contributed by atoms with van der Waals surface area (Å²) < 4.78 is 0.786. The Morgan fingerprint density at radius 2 is 1.50 bits per heavy atom. The average molecular weight is 462 g/mol. The highest BCUT2D eigenvalue weighted by atomic mass is 79.9. The lowest BCUT2D eigenvalue weighted by atomic mass is 9.89. The summed E-state index contributed by atoms with van der Waals surface area (Å²) in [4.78, 5) is 11.4. The van der Waals surface area contributed by atoms with E-state index in [0.717, 1.165) is 29.6 Å². The third kappa shape index (κ3) is 4.34. The second-order valence-electron chi connectivity index (χ2n) is 8.35. The van der Waals surface area contributed by atoms with Crippen molar-refractivity contribution < 1.29 is 0 Å². The molecule has 0 amide bonds. The van der Waals surface area contributed by atoms with Gasteiger partial charge in [0.2, 0.25) is 0 Å². The standard InChI is InChI=1S/C26H28BrN3/c1-17-5-11-24(19(3)13-17)30(25-12-6-18(2)14-20(25)4)22-9-7-21(8-10-22)23-15-29-26(27)16-28-23/h5-6,9,11-16,21H,7-8,10H2,1-4H3. The van der Waals surface area contributed by atoms with Crippen LogP contribution in [0.2, 0.25) is 0 Å². The van der Waals surface area contributed by atoms with Crippen molar-refractivity contribution >= 4 is 27.3 Å². The molecular weight excluding hydrogens is 434 g/mol. The molecule has 1 atom stereocenters. The van der Waals surface area contributed by atoms with E-state index in [1.54, 1.807) is 6.20 Å². The number of allylic oxidation sites excluding steroid dienone is 2. The van der Waals surface area contributed by atoms with Gasteiger partial charge >= 0.3 is 0 Å². The van der Waals surface area contributed by atoms with Crippen LogP contribution in [0.25, 0.3) is 0 Å². The highest BCUT2D eigenvalue weighted by Crippen LogP contribution is 2.40. The Labute approximate surface area is 188 Å². The number of hydrogen-bond donors (Lipinski definition) is 0. The van der Waals surface area contributed by atoms with E-state index in [2.05, 4.69) is 101 Å². The summed E-state index contributed by atoms with van der Waals surface area (Å²) in [5.74, 6) is 0.425. The van der Waals surface area contributed by atoms with Crippen molar-refractivity contribution in [2.24, 2.45) is 0 Å². The SMILES string of the molecule is Cc1ccc(N(C2=CCC(c3cnc(Br)cn3)CC2)c2ccc(C)cc2C)c(C)c1. The molecule has 0 bridgehead atoms. The average Bonchev–Trinajstić information content (AvgIpc) is 2.72. The first-order valence-electron chi connectivity index (χ1n) is 10.5. The number of benzene rings is 2. The van der Waals surface area contributed by atoms with Gasteiger partial charge in [0.15, 0.2) is 0 Å². The summed E-state index contributed by atoms with van der Waals surface area (Å²) in [5.41, 5.74) is 10.2. The summed E-state index contributed by atoms with van der Waals surface area (Å²) in [6.45, 7) is 8.73. The minimum atomic E-state index is 0.425. The van der Waals surface area contributed by atoms with E-state index in [0.29, 0.717) is 5.92 Å². The van der Waals surface area contributed by atoms with E-state index in [4.69, 9.17) is 0 Å². The second-order valence-corrected chi connectivity index (χ2v) is 9.16. The Morgan fingerprint density at radius 3 is 1.97 bits per heavy atom. The Hall–Kier alpha value is -2.46. The molecule has 4 heteroatoms. The van der Waals surface area contributed by atoms with Gasteiger partial charge in [-0.25, -0.2) is 4.98 Å². The van der Waals surface area contributed by atoms with Gasteiger partial charge in [-0.2, -0.15) is 0 Å². The molecule has 3 nitrogen and oxygen atoms in total. The van der Waals surface area contributed by atoms with E-state index < -0.39 is 0 Å². The summed E-state index contributed by atoms with van der Waals surface area (Å²) in [5, 5.41) is 0. The predicted molar refractivity (Wildman–Crippen MR) is 128 cm³/mol. The van der Waals surface area contributed by atoms with Crippen molar-refractivity contribution in [2.75, 3.05) is 4.90 Å². The lowest BCUT2D eigenvalue weighted by Gasteiger charge is -2.34. The monoisotopic (exact) mass is 461 g/mol. The van der Waals surface area contributed by atoms with Gasteiger partial charge in [0.05, 0.1) is 18.1 Å². The van der Waals surface area contributed by atoms with Crippen LogP contribution in [0.1, 0.15) is 53.1 Å². The van der Waals surface area contributed by atoms with Gasteiger partial charge in [-0.15, -0.1) is 0 Å². The summed E-state index contributed by atoms with van der Waals surface area (Å²) in [6.07, 6.45) is 9.18. The maximum Gasteiger partial charge on any atom is 0.124 e. The Morgan fingerprint density at radius 1 is 0.867 bits per heavy atom. The number of halogens is 1. The minimum Gasteiger partial charge on any atom is -0.314 e. The van der Waals surface area contributed by atoms with E-state index in [-0.39, 0.29) is 0 Å². The van der Waals surface area contributed by atoms with E-state index in [9.17, 15) is 0 Å². The zero-order valence-electron chi connectivity index (χ0n) is 18.1. The molecule has 0 radical (unpaired) electrons. The Kier molecular flexibility index (Phi) is 6.05. The smallest absolute Gasteiger partial charge is 0.124 e. The fraction of sp³-hybridized carbons (Fsp3) is 0.308. The summed E-state index contributed by atoms with van der Waals surface area (Å²) in [7, 11) is 0. The fourth-order valence-electron chi connectivity index (χ4n) is 4.38. The first-order valence-corrected chi connectivity index (χ1v) is 11.3. The third-order valence-corrected chi connectivity index (χ3v) is 6.33. The normalized spacial score (nSPS) is 16.3. The molecule has 30 heavy (non-hydrogen) atoms. The molecule has 4 rings (SSSR count). The van der Waals surface area contributed by atoms with Crippen LogP contribution in [0.3, 0.4) is 0 Å². The van der Waals surface area contributed by atoms with Gasteiger partial charge in [-0.3, -0.25) is 4.98 Å². The zero-order valence-corrected chi connectivity index (χ0v) is 19.7. The van der Waals surface area contributed by atoms with Crippen molar-refractivity contribution in [3.63, 3.8) is 0 Å². The van der Waals surface area contributed by atoms with Crippen molar-refractivity contribution in [2.45, 2.75) is 52.9 Å². The van der Waals surface area contributed by atoms with Gasteiger partial charge in [-0.1, -0.05) is 41.5 Å². The van der Waals surface area contributed by atoms with Gasteiger partial charge in [-0.05, 0) is 86.1 Å². The van der Waals surface area contributed by atoms with Gasteiger partial charge in [0, 0.05) is 23.0 Å². The predicted octanol–water partition coefficient (Wildman–Crippen LogP) is 7.46. The van der Waals surface area contributed by atoms with Crippen LogP contribution in [0.4, 0.5) is 11.4 Å². The molecule has 0 fully saturated rings. The molecule has 0 spiro atoms. The molecule has 0 N–H and O–H groups in total. The van der Waals surface area contributed by atoms with E-state index >= 15 is 0 Å². The van der Waals surface area contributed by atoms with Crippen LogP contribution in [-0.2, 0) is 0 Å². The van der Waals surface area contributed by atoms with Crippen molar-refractivity contribution in [1.82, 2.24) is 9.97 Å². The Bertz CT molecular complexity index is 1030. The van der Waals surface area contributed by atoms with E-state index in [1.165, 1.54) is 39.3 Å². The van der Waals surface area contributed by atoms with Crippen LogP contribution in [0.5, 0.6) is 0 Å². The minimum absolute atomic E-state index is 0.425. The highest BCUT2D eigenvalue weighted by Gasteiger charge is 2.24. The number of rotatable bonds is 4. The molecule has 0 aliphatic heterocycles. The maximum atomic E-state index is 4.58. The number of hydrogen-bond acceptors (Lipinski definition) is 3. The number of anilines is 2. The first kappa shape index (κ1) is 20.8. The number of aromatic nitrogens is 2. The molecule has 0 saturated carbocycles. The maximum absolute atomic E-state index is 4.58. The molecule has 0 saturated heterocycles. The molecule has 3 aromatic rings. The fourth-order valence-corrected chi connectivity index (χ4v) is 4.58. The van der Waals surface area contributed by atoms with Gasteiger partial charge in [0.1, 0.15) is 4.60 Å². The second kappa shape index (κ2) is 8.73. The molecule has 1 unspecified atom stereocenters. The zero-order chi connectivity index (χ0) is 21.3. The van der Waals surface area contributed by atoms with Crippen molar-refractivity contribution in [3.05, 3.63) is 93.1 Å². The molecule has 1 aliphatic carbocycles. The van der Waals surface area contributed by atoms with E-state index in [1.807, 2.05) is 6.20 Å². The Balaban J connectivity index is 1.72. The lowest BCUT2D eigenvalue weighted by Crippen LogP contribution is -2.22. The van der Waals surface area contributed by atoms with Gasteiger partial charge in [0.25, 0.3) is 0 Å². The van der Waals surface area contributed by atoms with Crippen LogP contribution in [-0.4, -0.2) is 9.97 Å². The molecular formula is C26H28BrN3. The van der Waals surface area contributed by atoms with Crippen LogP contribution in [0.15, 0.2) is 65.2 Å². The first-order chi connectivity index (χ1) is 14.4.